The van der Waals surface area contributed by atoms with Crippen molar-refractivity contribution in [1.82, 2.24) is 10.2 Å². The van der Waals surface area contributed by atoms with Gasteiger partial charge in [0.1, 0.15) is 5.75 Å². The van der Waals surface area contributed by atoms with E-state index in [-0.39, 0.29) is 31.0 Å². The van der Waals surface area contributed by atoms with E-state index in [1.165, 1.54) is 12.1 Å². The smallest absolute Gasteiger partial charge is 0.260 e. The summed E-state index contributed by atoms with van der Waals surface area (Å²) < 4.78 is 5.45. The van der Waals surface area contributed by atoms with Crippen LogP contribution in [0.15, 0.2) is 12.1 Å². The number of carbonyl (C=O) groups is 1. The summed E-state index contributed by atoms with van der Waals surface area (Å²) in [5.41, 5.74) is 0. The van der Waals surface area contributed by atoms with Gasteiger partial charge in [-0.05, 0) is 13.0 Å². The van der Waals surface area contributed by atoms with Gasteiger partial charge in [-0.1, -0.05) is 34.8 Å². The minimum atomic E-state index is -0.0684. The Kier molecular flexibility index (Phi) is 7.37. The molecular formula is C13H16Cl4N2O2. The Morgan fingerprint density at radius 3 is 2.67 bits per heavy atom. The highest BCUT2D eigenvalue weighted by atomic mass is 35.5. The van der Waals surface area contributed by atoms with E-state index in [1.54, 1.807) is 4.90 Å². The van der Waals surface area contributed by atoms with E-state index in [0.29, 0.717) is 27.4 Å². The molecule has 4 nitrogen and oxygen atoms in total. The molecule has 1 atom stereocenters. The number of rotatable bonds is 3. The maximum absolute atomic E-state index is 12.1. The first kappa shape index (κ1) is 18.7. The number of hydrogen-bond acceptors (Lipinski definition) is 3. The number of carbonyl (C=O) groups excluding carboxylic acids is 1. The van der Waals surface area contributed by atoms with Gasteiger partial charge in [0.05, 0.1) is 15.1 Å². The number of nitrogens with zero attached hydrogens (tertiary/aromatic N) is 1. The SMILES string of the molecule is C[C@@H]1CNCCN1C(=O)COc1cc(Cl)c(Cl)cc1Cl.Cl. The first-order valence-electron chi connectivity index (χ1n) is 6.26. The van der Waals surface area contributed by atoms with Crippen LogP contribution in [0, 0.1) is 0 Å². The van der Waals surface area contributed by atoms with E-state index in [9.17, 15) is 4.79 Å². The minimum absolute atomic E-state index is 0. The molecule has 0 bridgehead atoms. The van der Waals surface area contributed by atoms with Crippen molar-refractivity contribution in [2.45, 2.75) is 13.0 Å². The number of benzene rings is 1. The first-order valence-corrected chi connectivity index (χ1v) is 7.40. The molecule has 0 unspecified atom stereocenters. The lowest BCUT2D eigenvalue weighted by molar-refractivity contribution is -0.136. The average molecular weight is 374 g/mol. The van der Waals surface area contributed by atoms with Crippen molar-refractivity contribution in [2.75, 3.05) is 26.2 Å². The van der Waals surface area contributed by atoms with Crippen molar-refractivity contribution >= 4 is 53.1 Å². The molecule has 1 fully saturated rings. The summed E-state index contributed by atoms with van der Waals surface area (Å²) in [5.74, 6) is 0.290. The molecule has 0 radical (unpaired) electrons. The topological polar surface area (TPSA) is 41.6 Å². The highest BCUT2D eigenvalue weighted by molar-refractivity contribution is 6.43. The quantitative estimate of drug-likeness (QED) is 0.826. The molecule has 1 saturated heterocycles. The fourth-order valence-electron chi connectivity index (χ4n) is 2.05. The summed E-state index contributed by atoms with van der Waals surface area (Å²) in [4.78, 5) is 13.9. The monoisotopic (exact) mass is 372 g/mol. The molecule has 1 amide bonds. The summed E-state index contributed by atoms with van der Waals surface area (Å²) in [5, 5.41) is 4.26. The third-order valence-corrected chi connectivity index (χ3v) is 4.17. The van der Waals surface area contributed by atoms with Crippen LogP contribution in [-0.2, 0) is 4.79 Å². The third-order valence-electron chi connectivity index (χ3n) is 3.15. The van der Waals surface area contributed by atoms with Crippen LogP contribution < -0.4 is 10.1 Å². The lowest BCUT2D eigenvalue weighted by Crippen LogP contribution is -2.53. The highest BCUT2D eigenvalue weighted by Gasteiger charge is 2.23. The number of ether oxygens (including phenoxy) is 1. The van der Waals surface area contributed by atoms with E-state index >= 15 is 0 Å². The molecule has 0 aliphatic carbocycles. The van der Waals surface area contributed by atoms with Gasteiger partial charge >= 0.3 is 0 Å². The molecule has 0 spiro atoms. The molecule has 21 heavy (non-hydrogen) atoms. The van der Waals surface area contributed by atoms with E-state index in [4.69, 9.17) is 39.5 Å². The fraction of sp³-hybridized carbons (Fsp3) is 0.462. The van der Waals surface area contributed by atoms with E-state index in [1.807, 2.05) is 6.92 Å². The number of piperazine rings is 1. The number of nitrogens with one attached hydrogen (secondary N) is 1. The lowest BCUT2D eigenvalue weighted by Gasteiger charge is -2.33. The van der Waals surface area contributed by atoms with Gasteiger partial charge in [-0.15, -0.1) is 12.4 Å². The molecule has 0 saturated carbocycles. The number of hydrogen-bond donors (Lipinski definition) is 1. The van der Waals surface area contributed by atoms with Crippen molar-refractivity contribution < 1.29 is 9.53 Å². The molecule has 118 valence electrons. The maximum atomic E-state index is 12.1. The van der Waals surface area contributed by atoms with Gasteiger partial charge in [-0.3, -0.25) is 4.79 Å². The Labute approximate surface area is 145 Å². The molecule has 8 heteroatoms. The number of halogens is 4. The van der Waals surface area contributed by atoms with Crippen LogP contribution in [0.25, 0.3) is 0 Å². The van der Waals surface area contributed by atoms with E-state index in [2.05, 4.69) is 5.32 Å². The average Bonchev–Trinajstić information content (AvgIpc) is 2.41. The molecule has 1 N–H and O–H groups in total. The Hall–Kier alpha value is -0.390. The Balaban J connectivity index is 0.00000220. The molecule has 0 aromatic heterocycles. The van der Waals surface area contributed by atoms with Crippen LogP contribution in [0.2, 0.25) is 15.1 Å². The predicted octanol–water partition coefficient (Wildman–Crippen LogP) is 3.27. The van der Waals surface area contributed by atoms with Gasteiger partial charge in [-0.2, -0.15) is 0 Å². The second-order valence-electron chi connectivity index (χ2n) is 4.63. The van der Waals surface area contributed by atoms with Gasteiger partial charge in [-0.25, -0.2) is 0 Å². The normalized spacial score (nSPS) is 18.1. The molecule has 2 rings (SSSR count). The van der Waals surface area contributed by atoms with Gasteiger partial charge in [0.15, 0.2) is 6.61 Å². The number of amides is 1. The van der Waals surface area contributed by atoms with Crippen LogP contribution in [0.1, 0.15) is 6.92 Å². The van der Waals surface area contributed by atoms with Crippen LogP contribution in [0.4, 0.5) is 0 Å². The van der Waals surface area contributed by atoms with Gasteiger partial charge in [0, 0.05) is 31.7 Å². The van der Waals surface area contributed by atoms with Crippen molar-refractivity contribution in [3.63, 3.8) is 0 Å². The Bertz CT molecular complexity index is 513. The van der Waals surface area contributed by atoms with Crippen LogP contribution >= 0.6 is 47.2 Å². The molecule has 1 aromatic carbocycles. The molecule has 1 aliphatic rings. The highest BCUT2D eigenvalue weighted by Crippen LogP contribution is 2.33. The largest absolute Gasteiger partial charge is 0.482 e. The van der Waals surface area contributed by atoms with Crippen molar-refractivity contribution in [1.29, 1.82) is 0 Å². The van der Waals surface area contributed by atoms with Crippen LogP contribution in [-0.4, -0.2) is 43.1 Å². The molecule has 1 aromatic rings. The molecular weight excluding hydrogens is 358 g/mol. The van der Waals surface area contributed by atoms with Crippen LogP contribution in [0.3, 0.4) is 0 Å². The summed E-state index contributed by atoms with van der Waals surface area (Å²) >= 11 is 17.7. The Morgan fingerprint density at radius 2 is 2.00 bits per heavy atom. The van der Waals surface area contributed by atoms with E-state index < -0.39 is 0 Å². The third kappa shape index (κ3) is 4.80. The maximum Gasteiger partial charge on any atom is 0.260 e. The van der Waals surface area contributed by atoms with Gasteiger partial charge in [0.25, 0.3) is 5.91 Å². The molecule has 1 heterocycles. The van der Waals surface area contributed by atoms with Crippen molar-refractivity contribution in [3.05, 3.63) is 27.2 Å². The summed E-state index contributed by atoms with van der Waals surface area (Å²) in [6, 6.07) is 3.17. The van der Waals surface area contributed by atoms with Gasteiger partial charge < -0.3 is 15.0 Å². The van der Waals surface area contributed by atoms with Gasteiger partial charge in [0.2, 0.25) is 0 Å². The predicted molar refractivity (Wildman–Crippen MR) is 88.3 cm³/mol. The fourth-order valence-corrected chi connectivity index (χ4v) is 2.64. The second kappa shape index (κ2) is 8.30. The lowest BCUT2D eigenvalue weighted by atomic mass is 10.2. The zero-order valence-corrected chi connectivity index (χ0v) is 14.5. The van der Waals surface area contributed by atoms with Crippen LogP contribution in [0.5, 0.6) is 5.75 Å². The molecule has 1 aliphatic heterocycles. The van der Waals surface area contributed by atoms with Crippen molar-refractivity contribution in [3.8, 4) is 5.75 Å². The zero-order valence-electron chi connectivity index (χ0n) is 11.4. The minimum Gasteiger partial charge on any atom is -0.482 e. The van der Waals surface area contributed by atoms with E-state index in [0.717, 1.165) is 13.1 Å². The van der Waals surface area contributed by atoms with Crippen molar-refractivity contribution in [2.24, 2.45) is 0 Å². The summed E-state index contributed by atoms with van der Waals surface area (Å²) in [7, 11) is 0. The standard InChI is InChI=1S/C13H15Cl3N2O2.ClH/c1-8-6-17-2-3-18(8)13(19)7-20-12-5-10(15)9(14)4-11(12)16;/h4-5,8,17H,2-3,6-7H2,1H3;1H/t8-;/m1./s1. The summed E-state index contributed by atoms with van der Waals surface area (Å²) in [6.45, 7) is 4.19. The first-order chi connectivity index (χ1) is 9.49. The second-order valence-corrected chi connectivity index (χ2v) is 5.85. The zero-order chi connectivity index (χ0) is 14.7. The summed E-state index contributed by atoms with van der Waals surface area (Å²) in [6.07, 6.45) is 0. The Morgan fingerprint density at radius 1 is 1.33 bits per heavy atom.